The van der Waals surface area contributed by atoms with E-state index in [0.29, 0.717) is 18.7 Å². The lowest BCUT2D eigenvalue weighted by molar-refractivity contribution is -0.137. The molecule has 1 heterocycles. The molecule has 0 aromatic heterocycles. The molecule has 0 unspecified atom stereocenters. The number of hydrogen-bond donors (Lipinski definition) is 2. The van der Waals surface area contributed by atoms with Crippen LogP contribution in [0.15, 0.2) is 24.3 Å². The van der Waals surface area contributed by atoms with E-state index in [1.165, 1.54) is 12.1 Å². The number of hydrogen-bond acceptors (Lipinski definition) is 2. The minimum Gasteiger partial charge on any atom is -0.396 e. The topological polar surface area (TPSA) is 52.6 Å². The lowest BCUT2D eigenvalue weighted by Gasteiger charge is -2.26. The fourth-order valence-electron chi connectivity index (χ4n) is 2.90. The van der Waals surface area contributed by atoms with Gasteiger partial charge in [-0.2, -0.15) is 13.2 Å². The van der Waals surface area contributed by atoms with E-state index >= 15 is 0 Å². The number of halogens is 3. The largest absolute Gasteiger partial charge is 0.416 e. The van der Waals surface area contributed by atoms with Gasteiger partial charge in [-0.05, 0) is 30.0 Å². The van der Waals surface area contributed by atoms with Gasteiger partial charge in [0, 0.05) is 25.6 Å². The Morgan fingerprint density at radius 1 is 1.33 bits per heavy atom. The first-order valence-corrected chi connectivity index (χ1v) is 8.05. The van der Waals surface area contributed by atoms with Crippen molar-refractivity contribution in [2.24, 2.45) is 11.8 Å². The number of nitrogens with zero attached hydrogens (tertiary/aromatic N) is 1. The summed E-state index contributed by atoms with van der Waals surface area (Å²) in [7, 11) is 0. The zero-order chi connectivity index (χ0) is 17.9. The zero-order valence-corrected chi connectivity index (χ0v) is 13.8. The number of carbonyl (C=O) groups is 1. The Morgan fingerprint density at radius 3 is 2.42 bits per heavy atom. The third kappa shape index (κ3) is 4.41. The van der Waals surface area contributed by atoms with Gasteiger partial charge in [-0.15, -0.1) is 0 Å². The minimum atomic E-state index is -4.37. The molecule has 134 valence electrons. The lowest BCUT2D eigenvalue weighted by atomic mass is 9.95. The molecule has 2 atom stereocenters. The highest BCUT2D eigenvalue weighted by Crippen LogP contribution is 2.31. The van der Waals surface area contributed by atoms with E-state index in [2.05, 4.69) is 5.32 Å². The molecular weight excluding hydrogens is 321 g/mol. The smallest absolute Gasteiger partial charge is 0.396 e. The van der Waals surface area contributed by atoms with Gasteiger partial charge < -0.3 is 15.3 Å². The molecule has 2 amide bonds. The molecule has 0 saturated carbocycles. The number of aliphatic hydroxyl groups is 1. The normalized spacial score (nSPS) is 19.6. The second kappa shape index (κ2) is 7.42. The lowest BCUT2D eigenvalue weighted by Crippen LogP contribution is -2.42. The molecule has 2 N–H and O–H groups in total. The van der Waals surface area contributed by atoms with Crippen LogP contribution in [-0.2, 0) is 6.18 Å². The standard InChI is InChI=1S/C17H23F3N2O2/c1-11(2)15(13-3-5-14(6-4-13)17(18,19)20)21-16(24)22-8-7-12(9-22)10-23/h3-6,11-12,15,23H,7-10H2,1-2H3,(H,21,24)/t12-,15-/m0/s1. The molecule has 7 heteroatoms. The number of amides is 2. The van der Waals surface area contributed by atoms with Gasteiger partial charge in [0.2, 0.25) is 0 Å². The molecule has 1 aliphatic heterocycles. The zero-order valence-electron chi connectivity index (χ0n) is 13.8. The molecule has 1 aliphatic rings. The monoisotopic (exact) mass is 344 g/mol. The van der Waals surface area contributed by atoms with Crippen LogP contribution >= 0.6 is 0 Å². The van der Waals surface area contributed by atoms with Crippen molar-refractivity contribution >= 4 is 6.03 Å². The van der Waals surface area contributed by atoms with E-state index in [1.54, 1.807) is 4.90 Å². The van der Waals surface area contributed by atoms with Crippen LogP contribution in [0.3, 0.4) is 0 Å². The van der Waals surface area contributed by atoms with E-state index in [0.717, 1.165) is 18.6 Å². The van der Waals surface area contributed by atoms with Gasteiger partial charge >= 0.3 is 12.2 Å². The number of nitrogens with one attached hydrogen (secondary N) is 1. The summed E-state index contributed by atoms with van der Waals surface area (Å²) in [5, 5.41) is 12.1. The SMILES string of the molecule is CC(C)[C@H](NC(=O)N1CC[C@H](CO)C1)c1ccc(C(F)(F)F)cc1. The van der Waals surface area contributed by atoms with Crippen molar-refractivity contribution in [1.82, 2.24) is 10.2 Å². The summed E-state index contributed by atoms with van der Waals surface area (Å²) in [4.78, 5) is 14.0. The van der Waals surface area contributed by atoms with E-state index in [-0.39, 0.29) is 30.5 Å². The Kier molecular flexibility index (Phi) is 5.74. The molecular formula is C17H23F3N2O2. The average molecular weight is 344 g/mol. The number of rotatable bonds is 4. The first kappa shape index (κ1) is 18.6. The van der Waals surface area contributed by atoms with Crippen LogP contribution < -0.4 is 5.32 Å². The number of urea groups is 1. The average Bonchev–Trinajstić information content (AvgIpc) is 3.00. The van der Waals surface area contributed by atoms with E-state index in [9.17, 15) is 18.0 Å². The molecule has 0 spiro atoms. The third-order valence-electron chi connectivity index (χ3n) is 4.37. The third-order valence-corrected chi connectivity index (χ3v) is 4.37. The predicted molar refractivity (Wildman–Crippen MR) is 84.3 cm³/mol. The predicted octanol–water partition coefficient (Wildman–Crippen LogP) is 3.43. The number of alkyl halides is 3. The van der Waals surface area contributed by atoms with Gasteiger partial charge in [-0.3, -0.25) is 0 Å². The molecule has 1 saturated heterocycles. The molecule has 24 heavy (non-hydrogen) atoms. The molecule has 0 radical (unpaired) electrons. The number of benzene rings is 1. The van der Waals surface area contributed by atoms with Crippen molar-refractivity contribution in [3.8, 4) is 0 Å². The second-order valence-corrected chi connectivity index (χ2v) is 6.57. The van der Waals surface area contributed by atoms with E-state index < -0.39 is 11.7 Å². The maximum Gasteiger partial charge on any atom is 0.416 e. The first-order valence-electron chi connectivity index (χ1n) is 8.05. The van der Waals surface area contributed by atoms with Crippen LogP contribution in [0.1, 0.15) is 37.4 Å². The Hall–Kier alpha value is -1.76. The summed E-state index contributed by atoms with van der Waals surface area (Å²) in [6.07, 6.45) is -3.61. The van der Waals surface area contributed by atoms with Crippen LogP contribution in [0, 0.1) is 11.8 Å². The molecule has 1 aromatic carbocycles. The van der Waals surface area contributed by atoms with Crippen molar-refractivity contribution in [2.75, 3.05) is 19.7 Å². The summed E-state index contributed by atoms with van der Waals surface area (Å²) >= 11 is 0. The number of likely N-dealkylation sites (tertiary alicyclic amines) is 1. The molecule has 0 aliphatic carbocycles. The maximum absolute atomic E-state index is 12.7. The molecule has 4 nitrogen and oxygen atoms in total. The van der Waals surface area contributed by atoms with Crippen LogP contribution in [0.25, 0.3) is 0 Å². The van der Waals surface area contributed by atoms with Crippen LogP contribution in [0.4, 0.5) is 18.0 Å². The van der Waals surface area contributed by atoms with Crippen LogP contribution in [0.2, 0.25) is 0 Å². The quantitative estimate of drug-likeness (QED) is 0.879. The van der Waals surface area contributed by atoms with Crippen molar-refractivity contribution in [3.05, 3.63) is 35.4 Å². The van der Waals surface area contributed by atoms with Gasteiger partial charge in [0.15, 0.2) is 0 Å². The molecule has 1 aromatic rings. The highest BCUT2D eigenvalue weighted by molar-refractivity contribution is 5.75. The molecule has 1 fully saturated rings. The molecule has 2 rings (SSSR count). The maximum atomic E-state index is 12.7. The van der Waals surface area contributed by atoms with Gasteiger partial charge in [-0.1, -0.05) is 26.0 Å². The summed E-state index contributed by atoms with van der Waals surface area (Å²) in [6.45, 7) is 4.94. The van der Waals surface area contributed by atoms with Crippen molar-refractivity contribution < 1.29 is 23.1 Å². The van der Waals surface area contributed by atoms with E-state index in [1.807, 2.05) is 13.8 Å². The Morgan fingerprint density at radius 2 is 1.96 bits per heavy atom. The Bertz CT molecular complexity index is 558. The van der Waals surface area contributed by atoms with Crippen molar-refractivity contribution in [2.45, 2.75) is 32.5 Å². The van der Waals surface area contributed by atoms with Crippen LogP contribution in [-0.4, -0.2) is 35.7 Å². The summed E-state index contributed by atoms with van der Waals surface area (Å²) in [6, 6.07) is 4.28. The summed E-state index contributed by atoms with van der Waals surface area (Å²) in [5.41, 5.74) is -0.0605. The van der Waals surface area contributed by atoms with Gasteiger partial charge in [-0.25, -0.2) is 4.79 Å². The fraction of sp³-hybridized carbons (Fsp3) is 0.588. The van der Waals surface area contributed by atoms with Gasteiger partial charge in [0.05, 0.1) is 11.6 Å². The highest BCUT2D eigenvalue weighted by atomic mass is 19.4. The minimum absolute atomic E-state index is 0.0296. The Labute approximate surface area is 139 Å². The van der Waals surface area contributed by atoms with Crippen LogP contribution in [0.5, 0.6) is 0 Å². The Balaban J connectivity index is 2.08. The number of carbonyl (C=O) groups excluding carboxylic acids is 1. The first-order chi connectivity index (χ1) is 11.2. The molecule has 0 bridgehead atoms. The highest BCUT2D eigenvalue weighted by Gasteiger charge is 2.31. The summed E-state index contributed by atoms with van der Waals surface area (Å²) < 4.78 is 38.0. The van der Waals surface area contributed by atoms with E-state index in [4.69, 9.17) is 5.11 Å². The van der Waals surface area contributed by atoms with Gasteiger partial charge in [0.25, 0.3) is 0 Å². The fourth-order valence-corrected chi connectivity index (χ4v) is 2.90. The number of aliphatic hydroxyl groups excluding tert-OH is 1. The van der Waals surface area contributed by atoms with Gasteiger partial charge in [0.1, 0.15) is 0 Å². The summed E-state index contributed by atoms with van der Waals surface area (Å²) in [5.74, 6) is 0.126. The van der Waals surface area contributed by atoms with Crippen molar-refractivity contribution in [1.29, 1.82) is 0 Å². The second-order valence-electron chi connectivity index (χ2n) is 6.57. The van der Waals surface area contributed by atoms with Crippen molar-refractivity contribution in [3.63, 3.8) is 0 Å².